The van der Waals surface area contributed by atoms with E-state index >= 15 is 0 Å². The van der Waals surface area contributed by atoms with Crippen molar-refractivity contribution in [2.24, 2.45) is 0 Å². The molecule has 0 saturated heterocycles. The summed E-state index contributed by atoms with van der Waals surface area (Å²) in [5.41, 5.74) is 4.37. The predicted octanol–water partition coefficient (Wildman–Crippen LogP) is 7.60. The Kier molecular flexibility index (Phi) is 4.44. The fourth-order valence-electron chi connectivity index (χ4n) is 4.03. The van der Waals surface area contributed by atoms with Gasteiger partial charge in [-0.15, -0.1) is 0 Å². The average Bonchev–Trinajstić information content (AvgIpc) is 2.74. The van der Waals surface area contributed by atoms with Gasteiger partial charge in [0, 0.05) is 17.1 Å². The normalized spacial score (nSPS) is 11.2. The molecule has 4 aromatic carbocycles. The molecule has 5 aromatic rings. The molecule has 0 bridgehead atoms. The molecule has 0 aliphatic carbocycles. The zero-order valence-corrected chi connectivity index (χ0v) is 16.8. The van der Waals surface area contributed by atoms with Crippen LogP contribution in [0.2, 0.25) is 0 Å². The molecule has 0 unspecified atom stereocenters. The number of hydrogen-bond acceptors (Lipinski definition) is 2. The lowest BCUT2D eigenvalue weighted by Gasteiger charge is -2.12. The van der Waals surface area contributed by atoms with Crippen molar-refractivity contribution in [2.75, 3.05) is 0 Å². The number of benzene rings is 4. The number of halogens is 1. The number of pyridine rings is 1. The molecule has 1 aromatic heterocycles. The third-order valence-electron chi connectivity index (χ3n) is 5.28. The fourth-order valence-corrected chi connectivity index (χ4v) is 4.03. The second-order valence-electron chi connectivity index (χ2n) is 7.62. The second kappa shape index (κ2) is 7.27. The maximum Gasteiger partial charge on any atom is 0.166 e. The van der Waals surface area contributed by atoms with Crippen LogP contribution in [0.5, 0.6) is 11.5 Å². The largest absolute Gasteiger partial charge is 0.454 e. The first-order chi connectivity index (χ1) is 14.6. The Hall–Kier alpha value is -3.72. The van der Waals surface area contributed by atoms with Gasteiger partial charge >= 0.3 is 0 Å². The van der Waals surface area contributed by atoms with Crippen LogP contribution in [0.3, 0.4) is 0 Å². The van der Waals surface area contributed by atoms with Gasteiger partial charge < -0.3 is 4.74 Å². The van der Waals surface area contributed by atoms with E-state index in [2.05, 4.69) is 43.1 Å². The molecular formula is C27H20FNO. The zero-order chi connectivity index (χ0) is 20.7. The van der Waals surface area contributed by atoms with E-state index in [-0.39, 0.29) is 11.6 Å². The molecule has 0 fully saturated rings. The molecule has 146 valence electrons. The quantitative estimate of drug-likeness (QED) is 0.294. The highest BCUT2D eigenvalue weighted by molar-refractivity contribution is 6.11. The Balaban J connectivity index is 1.68. The molecule has 2 nitrogen and oxygen atoms in total. The van der Waals surface area contributed by atoms with Crippen LogP contribution < -0.4 is 4.74 Å². The van der Waals surface area contributed by atoms with Crippen LogP contribution in [-0.4, -0.2) is 4.98 Å². The molecule has 0 amide bonds. The summed E-state index contributed by atoms with van der Waals surface area (Å²) < 4.78 is 20.7. The lowest BCUT2D eigenvalue weighted by molar-refractivity contribution is 0.443. The minimum absolute atomic E-state index is 0.219. The van der Waals surface area contributed by atoms with Crippen molar-refractivity contribution in [3.8, 4) is 22.8 Å². The highest BCUT2D eigenvalue weighted by Gasteiger charge is 2.13. The van der Waals surface area contributed by atoms with Crippen molar-refractivity contribution in [3.63, 3.8) is 0 Å². The molecule has 0 saturated carbocycles. The maximum absolute atomic E-state index is 14.9. The van der Waals surface area contributed by atoms with Gasteiger partial charge in [0.05, 0.1) is 5.69 Å². The Morgan fingerprint density at radius 1 is 0.733 bits per heavy atom. The van der Waals surface area contributed by atoms with E-state index in [1.54, 1.807) is 18.3 Å². The summed E-state index contributed by atoms with van der Waals surface area (Å²) in [7, 11) is 0. The number of nitrogens with zero attached hydrogens (tertiary/aromatic N) is 1. The van der Waals surface area contributed by atoms with Crippen LogP contribution in [0.1, 0.15) is 11.1 Å². The van der Waals surface area contributed by atoms with Crippen LogP contribution in [0, 0.1) is 19.7 Å². The Morgan fingerprint density at radius 3 is 2.27 bits per heavy atom. The highest BCUT2D eigenvalue weighted by Crippen LogP contribution is 2.36. The molecule has 0 N–H and O–H groups in total. The first-order valence-corrected chi connectivity index (χ1v) is 9.91. The van der Waals surface area contributed by atoms with Gasteiger partial charge in [-0.3, -0.25) is 4.98 Å². The number of ether oxygens (including phenoxy) is 1. The first-order valence-electron chi connectivity index (χ1n) is 9.91. The third-order valence-corrected chi connectivity index (χ3v) is 5.28. The van der Waals surface area contributed by atoms with Gasteiger partial charge in [-0.05, 0) is 72.5 Å². The molecule has 30 heavy (non-hydrogen) atoms. The molecule has 0 spiro atoms. The SMILES string of the molecule is Cc1cc(C)cc(-c2nccc3c2ccc2cc(Oc4ccccc4)c(F)cc23)c1. The van der Waals surface area contributed by atoms with Gasteiger partial charge in [0.25, 0.3) is 0 Å². The standard InChI is InChI=1S/C27H20FNO/c1-17-12-18(2)14-20(13-17)27-23-9-8-19-15-26(30-21-6-4-3-5-7-21)25(28)16-24(19)22(23)10-11-29-27/h3-16H,1-2H3. The summed E-state index contributed by atoms with van der Waals surface area (Å²) in [6.07, 6.45) is 1.79. The van der Waals surface area contributed by atoms with Gasteiger partial charge in [0.15, 0.2) is 11.6 Å². The molecule has 1 heterocycles. The summed E-state index contributed by atoms with van der Waals surface area (Å²) in [5, 5.41) is 3.75. The minimum Gasteiger partial charge on any atom is -0.454 e. The summed E-state index contributed by atoms with van der Waals surface area (Å²) >= 11 is 0. The smallest absolute Gasteiger partial charge is 0.166 e. The number of aryl methyl sites for hydroxylation is 2. The average molecular weight is 393 g/mol. The number of hydrogen-bond donors (Lipinski definition) is 0. The number of para-hydroxylation sites is 1. The molecule has 5 rings (SSSR count). The summed E-state index contributed by atoms with van der Waals surface area (Å²) in [5.74, 6) is 0.443. The molecule has 0 radical (unpaired) electrons. The van der Waals surface area contributed by atoms with Crippen LogP contribution >= 0.6 is 0 Å². The van der Waals surface area contributed by atoms with E-state index in [1.165, 1.54) is 11.1 Å². The lowest BCUT2D eigenvalue weighted by atomic mass is 9.97. The Labute approximate surface area is 174 Å². The lowest BCUT2D eigenvalue weighted by Crippen LogP contribution is -1.91. The van der Waals surface area contributed by atoms with E-state index in [9.17, 15) is 4.39 Å². The number of aromatic nitrogens is 1. The van der Waals surface area contributed by atoms with Crippen molar-refractivity contribution >= 4 is 21.5 Å². The highest BCUT2D eigenvalue weighted by atomic mass is 19.1. The van der Waals surface area contributed by atoms with Gasteiger partial charge in [-0.25, -0.2) is 4.39 Å². The van der Waals surface area contributed by atoms with Gasteiger partial charge in [-0.1, -0.05) is 47.5 Å². The molecular weight excluding hydrogens is 373 g/mol. The summed E-state index contributed by atoms with van der Waals surface area (Å²) in [4.78, 5) is 4.64. The van der Waals surface area contributed by atoms with Gasteiger partial charge in [0.2, 0.25) is 0 Å². The second-order valence-corrected chi connectivity index (χ2v) is 7.62. The van der Waals surface area contributed by atoms with Crippen LogP contribution in [-0.2, 0) is 0 Å². The monoisotopic (exact) mass is 393 g/mol. The van der Waals surface area contributed by atoms with E-state index in [0.29, 0.717) is 5.75 Å². The molecule has 0 atom stereocenters. The van der Waals surface area contributed by atoms with E-state index in [4.69, 9.17) is 4.74 Å². The third kappa shape index (κ3) is 3.29. The minimum atomic E-state index is -0.386. The molecule has 3 heteroatoms. The predicted molar refractivity (Wildman–Crippen MR) is 121 cm³/mol. The maximum atomic E-state index is 14.9. The van der Waals surface area contributed by atoms with Crippen molar-refractivity contribution in [2.45, 2.75) is 13.8 Å². The molecule has 0 aliphatic heterocycles. The van der Waals surface area contributed by atoms with E-state index < -0.39 is 0 Å². The van der Waals surface area contributed by atoms with E-state index in [1.807, 2.05) is 42.5 Å². The van der Waals surface area contributed by atoms with Crippen LogP contribution in [0.15, 0.2) is 85.1 Å². The number of rotatable bonds is 3. The first kappa shape index (κ1) is 18.3. The van der Waals surface area contributed by atoms with Crippen molar-refractivity contribution in [3.05, 3.63) is 102 Å². The summed E-state index contributed by atoms with van der Waals surface area (Å²) in [6.45, 7) is 4.17. The Morgan fingerprint density at radius 2 is 1.50 bits per heavy atom. The zero-order valence-electron chi connectivity index (χ0n) is 16.8. The van der Waals surface area contributed by atoms with Crippen molar-refractivity contribution in [1.82, 2.24) is 4.98 Å². The van der Waals surface area contributed by atoms with Crippen LogP contribution in [0.4, 0.5) is 4.39 Å². The topological polar surface area (TPSA) is 22.1 Å². The van der Waals surface area contributed by atoms with E-state index in [0.717, 1.165) is 32.8 Å². The summed E-state index contributed by atoms with van der Waals surface area (Å²) in [6, 6.07) is 25.0. The Bertz CT molecular complexity index is 1370. The van der Waals surface area contributed by atoms with Crippen molar-refractivity contribution in [1.29, 1.82) is 0 Å². The fraction of sp³-hybridized carbons (Fsp3) is 0.0741. The van der Waals surface area contributed by atoms with Gasteiger partial charge in [0.1, 0.15) is 5.75 Å². The molecule has 0 aliphatic rings. The van der Waals surface area contributed by atoms with Crippen molar-refractivity contribution < 1.29 is 9.13 Å². The van der Waals surface area contributed by atoms with Gasteiger partial charge in [-0.2, -0.15) is 0 Å². The van der Waals surface area contributed by atoms with Crippen LogP contribution in [0.25, 0.3) is 32.8 Å². The number of fused-ring (bicyclic) bond motifs is 3.